The minimum Gasteiger partial charge on any atom is -0.392 e. The summed E-state index contributed by atoms with van der Waals surface area (Å²) in [6, 6.07) is 0. The summed E-state index contributed by atoms with van der Waals surface area (Å²) in [6.45, 7) is 20.6. The van der Waals surface area contributed by atoms with E-state index in [0.29, 0.717) is 27.6 Å². The fourth-order valence-corrected chi connectivity index (χ4v) is 11.0. The van der Waals surface area contributed by atoms with E-state index in [1.165, 1.54) is 51.4 Å². The Labute approximate surface area is 192 Å². The maximum atomic E-state index is 10.8. The molecule has 0 aromatic rings. The van der Waals surface area contributed by atoms with Crippen LogP contribution < -0.4 is 0 Å². The third-order valence-electron chi connectivity index (χ3n) is 13.4. The zero-order valence-corrected chi connectivity index (χ0v) is 21.9. The van der Waals surface area contributed by atoms with Crippen molar-refractivity contribution in [1.29, 1.82) is 0 Å². The number of fused-ring (bicyclic) bond motifs is 7. The van der Waals surface area contributed by atoms with Gasteiger partial charge in [0.15, 0.2) is 0 Å². The zero-order valence-electron chi connectivity index (χ0n) is 21.9. The van der Waals surface area contributed by atoms with Crippen molar-refractivity contribution in [2.24, 2.45) is 56.7 Å². The van der Waals surface area contributed by atoms with Gasteiger partial charge in [-0.05, 0) is 109 Å². The molecule has 5 rings (SSSR count). The molecule has 0 amide bonds. The van der Waals surface area contributed by atoms with E-state index >= 15 is 0 Å². The highest BCUT2D eigenvalue weighted by molar-refractivity contribution is 5.30. The first-order valence-corrected chi connectivity index (χ1v) is 13.7. The molecule has 5 aliphatic rings. The van der Waals surface area contributed by atoms with E-state index in [1.807, 2.05) is 0 Å². The molecule has 176 valence electrons. The quantitative estimate of drug-likeness (QED) is 0.389. The van der Waals surface area contributed by atoms with Gasteiger partial charge in [-0.2, -0.15) is 0 Å². The van der Waals surface area contributed by atoms with Crippen LogP contribution in [0.4, 0.5) is 0 Å². The second-order valence-corrected chi connectivity index (χ2v) is 14.7. The van der Waals surface area contributed by atoms with Gasteiger partial charge in [-0.1, -0.05) is 67.0 Å². The monoisotopic (exact) mass is 426 g/mol. The summed E-state index contributed by atoms with van der Waals surface area (Å²) in [7, 11) is 0. The average Bonchev–Trinajstić information content (AvgIpc) is 2.70. The van der Waals surface area contributed by atoms with Gasteiger partial charge in [-0.3, -0.25) is 0 Å². The minimum atomic E-state index is -0.167. The molecule has 0 bridgehead atoms. The Balaban J connectivity index is 1.58. The first kappa shape index (κ1) is 22.5. The van der Waals surface area contributed by atoms with Crippen LogP contribution in [0.25, 0.3) is 0 Å². The Morgan fingerprint density at radius 2 is 1.48 bits per heavy atom. The third-order valence-corrected chi connectivity index (χ3v) is 13.4. The van der Waals surface area contributed by atoms with E-state index in [-0.39, 0.29) is 11.5 Å². The predicted molar refractivity (Wildman–Crippen MR) is 131 cm³/mol. The van der Waals surface area contributed by atoms with E-state index < -0.39 is 0 Å². The number of aliphatic hydroxyl groups is 1. The maximum Gasteiger partial charge on any atom is 0.0628 e. The topological polar surface area (TPSA) is 20.2 Å². The molecule has 0 spiro atoms. The number of hydrogen-bond donors (Lipinski definition) is 1. The fraction of sp³-hybridized carbons (Fsp3) is 0.933. The molecule has 0 aromatic carbocycles. The van der Waals surface area contributed by atoms with Gasteiger partial charge in [0.25, 0.3) is 0 Å². The Morgan fingerprint density at radius 1 is 0.806 bits per heavy atom. The van der Waals surface area contributed by atoms with Crippen molar-refractivity contribution in [3.63, 3.8) is 0 Å². The summed E-state index contributed by atoms with van der Waals surface area (Å²) >= 11 is 0. The lowest BCUT2D eigenvalue weighted by atomic mass is 9.31. The smallest absolute Gasteiger partial charge is 0.0628 e. The molecule has 1 N–H and O–H groups in total. The molecule has 0 aliphatic heterocycles. The summed E-state index contributed by atoms with van der Waals surface area (Å²) < 4.78 is 0. The Bertz CT molecular complexity index is 779. The van der Waals surface area contributed by atoms with E-state index in [2.05, 4.69) is 61.5 Å². The molecule has 0 aromatic heterocycles. The molecule has 1 heteroatoms. The van der Waals surface area contributed by atoms with Crippen LogP contribution in [0, 0.1) is 56.7 Å². The van der Waals surface area contributed by atoms with Gasteiger partial charge in [0, 0.05) is 5.41 Å². The van der Waals surface area contributed by atoms with Gasteiger partial charge in [-0.25, -0.2) is 0 Å². The van der Waals surface area contributed by atoms with Crippen molar-refractivity contribution >= 4 is 0 Å². The van der Waals surface area contributed by atoms with Crippen LogP contribution in [0.3, 0.4) is 0 Å². The molecule has 31 heavy (non-hydrogen) atoms. The van der Waals surface area contributed by atoms with E-state index in [0.717, 1.165) is 30.1 Å². The van der Waals surface area contributed by atoms with Gasteiger partial charge in [0.05, 0.1) is 6.10 Å². The highest BCUT2D eigenvalue weighted by atomic mass is 16.3. The minimum absolute atomic E-state index is 0.0446. The summed E-state index contributed by atoms with van der Waals surface area (Å²) in [5.41, 5.74) is 3.44. The Kier molecular flexibility index (Phi) is 4.82. The van der Waals surface area contributed by atoms with Gasteiger partial charge in [0.1, 0.15) is 0 Å². The second-order valence-electron chi connectivity index (χ2n) is 14.7. The van der Waals surface area contributed by atoms with Crippen molar-refractivity contribution in [2.45, 2.75) is 119 Å². The summed E-state index contributed by atoms with van der Waals surface area (Å²) in [5.74, 6) is 4.09. The highest BCUT2D eigenvalue weighted by Crippen LogP contribution is 2.77. The van der Waals surface area contributed by atoms with Crippen LogP contribution in [0.2, 0.25) is 0 Å². The first-order chi connectivity index (χ1) is 14.3. The van der Waals surface area contributed by atoms with Crippen LogP contribution in [-0.4, -0.2) is 11.2 Å². The average molecular weight is 427 g/mol. The third kappa shape index (κ3) is 2.65. The molecule has 0 saturated heterocycles. The highest BCUT2D eigenvalue weighted by Gasteiger charge is 2.69. The molecule has 5 aliphatic carbocycles. The van der Waals surface area contributed by atoms with Crippen LogP contribution in [0.15, 0.2) is 11.6 Å². The number of hydrogen-bond acceptors (Lipinski definition) is 1. The molecule has 4 saturated carbocycles. The second kappa shape index (κ2) is 6.64. The SMILES string of the molecule is C[C@H]1[C@H](C)CC[C@]2(C)CC[C@]3(C)[C@H]4CC=C5[C@@H](CC[C@H](O)C5(C)C)[C@]4(C)CC[C@@]3(C)[C@H]12. The van der Waals surface area contributed by atoms with Crippen LogP contribution in [-0.2, 0) is 0 Å². The molecule has 10 atom stereocenters. The normalized spacial score (nSPS) is 58.3. The van der Waals surface area contributed by atoms with Gasteiger partial charge in [-0.15, -0.1) is 0 Å². The van der Waals surface area contributed by atoms with E-state index in [1.54, 1.807) is 5.57 Å². The standard InChI is InChI=1S/C30H50O/c1-19-13-14-27(5)15-17-29(7)23-11-9-21-22(10-12-24(31)26(21,3)4)28(23,6)16-18-30(29,8)25(27)20(19)2/h9,19-20,22-25,31H,10-18H2,1-8H3/t19-,20+,22-,23+,24+,25-,27-,28+,29-,30+/m1/s1. The molecule has 0 heterocycles. The van der Waals surface area contributed by atoms with Crippen LogP contribution >= 0.6 is 0 Å². The summed E-state index contributed by atoms with van der Waals surface area (Å²) in [5, 5.41) is 10.8. The molecule has 0 unspecified atom stereocenters. The van der Waals surface area contributed by atoms with Crippen molar-refractivity contribution in [1.82, 2.24) is 0 Å². The lowest BCUT2D eigenvalue weighted by molar-refractivity contribution is -0.238. The lowest BCUT2D eigenvalue weighted by Crippen LogP contribution is -2.66. The van der Waals surface area contributed by atoms with Crippen LogP contribution in [0.5, 0.6) is 0 Å². The molecule has 0 radical (unpaired) electrons. The molecular formula is C30H50O. The molecular weight excluding hydrogens is 376 g/mol. The van der Waals surface area contributed by atoms with Gasteiger partial charge >= 0.3 is 0 Å². The summed E-state index contributed by atoms with van der Waals surface area (Å²) in [4.78, 5) is 0. The van der Waals surface area contributed by atoms with Gasteiger partial charge < -0.3 is 5.11 Å². The van der Waals surface area contributed by atoms with Crippen LogP contribution in [0.1, 0.15) is 113 Å². The van der Waals surface area contributed by atoms with Crippen molar-refractivity contribution in [3.05, 3.63) is 11.6 Å². The number of allylic oxidation sites excluding steroid dienone is 1. The zero-order chi connectivity index (χ0) is 22.6. The first-order valence-electron chi connectivity index (χ1n) is 13.7. The van der Waals surface area contributed by atoms with Gasteiger partial charge in [0.2, 0.25) is 0 Å². The van der Waals surface area contributed by atoms with Crippen molar-refractivity contribution in [2.75, 3.05) is 0 Å². The number of aliphatic hydroxyl groups excluding tert-OH is 1. The maximum absolute atomic E-state index is 10.8. The molecule has 1 nitrogen and oxygen atoms in total. The van der Waals surface area contributed by atoms with Crippen molar-refractivity contribution < 1.29 is 5.11 Å². The van der Waals surface area contributed by atoms with Crippen molar-refractivity contribution in [3.8, 4) is 0 Å². The lowest BCUT2D eigenvalue weighted by Gasteiger charge is -2.73. The fourth-order valence-electron chi connectivity index (χ4n) is 11.0. The van der Waals surface area contributed by atoms with E-state index in [4.69, 9.17) is 0 Å². The molecule has 4 fully saturated rings. The summed E-state index contributed by atoms with van der Waals surface area (Å²) in [6.07, 6.45) is 14.5. The largest absolute Gasteiger partial charge is 0.392 e. The van der Waals surface area contributed by atoms with E-state index in [9.17, 15) is 5.11 Å². The number of rotatable bonds is 0. The Hall–Kier alpha value is -0.300. The predicted octanol–water partition coefficient (Wildman–Crippen LogP) is 8.02. The Morgan fingerprint density at radius 3 is 2.19 bits per heavy atom.